The van der Waals surface area contributed by atoms with E-state index in [1.54, 1.807) is 6.07 Å². The van der Waals surface area contributed by atoms with Gasteiger partial charge in [0.15, 0.2) is 0 Å². The van der Waals surface area contributed by atoms with Gasteiger partial charge in [0.05, 0.1) is 0 Å². The van der Waals surface area contributed by atoms with E-state index in [9.17, 15) is 4.39 Å². The second-order valence-corrected chi connectivity index (χ2v) is 4.67. The number of rotatable bonds is 3. The van der Waals surface area contributed by atoms with Crippen molar-refractivity contribution in [2.24, 2.45) is 5.73 Å². The summed E-state index contributed by atoms with van der Waals surface area (Å²) in [6.07, 6.45) is 0.500. The summed E-state index contributed by atoms with van der Waals surface area (Å²) in [5.41, 5.74) is 6.19. The van der Waals surface area contributed by atoms with Crippen LogP contribution < -0.4 is 5.73 Å². The van der Waals surface area contributed by atoms with Crippen LogP contribution in [0.25, 0.3) is 11.4 Å². The van der Waals surface area contributed by atoms with Gasteiger partial charge < -0.3 is 10.3 Å². The molecular weight excluding hydrogens is 289 g/mol. The summed E-state index contributed by atoms with van der Waals surface area (Å²) in [5.74, 6) is 0.458. The van der Waals surface area contributed by atoms with E-state index in [1.165, 1.54) is 12.1 Å². The highest BCUT2D eigenvalue weighted by atomic mass is 79.9. The molecule has 1 aromatic carbocycles. The summed E-state index contributed by atoms with van der Waals surface area (Å²) in [4.78, 5) is 4.17. The highest BCUT2D eigenvalue weighted by Gasteiger charge is 2.13. The van der Waals surface area contributed by atoms with Crippen molar-refractivity contribution in [2.75, 3.05) is 0 Å². The minimum absolute atomic E-state index is 0.0562. The molecule has 0 fully saturated rings. The third kappa shape index (κ3) is 2.89. The Bertz CT molecular complexity index is 527. The van der Waals surface area contributed by atoms with E-state index in [0.717, 1.165) is 0 Å². The summed E-state index contributed by atoms with van der Waals surface area (Å²) in [6.45, 7) is 1.85. The molecule has 4 nitrogen and oxygen atoms in total. The molecule has 0 aliphatic heterocycles. The molecule has 17 heavy (non-hydrogen) atoms. The number of nitrogens with zero attached hydrogens (tertiary/aromatic N) is 2. The van der Waals surface area contributed by atoms with Gasteiger partial charge in [-0.05, 0) is 25.1 Å². The monoisotopic (exact) mass is 299 g/mol. The zero-order chi connectivity index (χ0) is 12.4. The van der Waals surface area contributed by atoms with Crippen LogP contribution in [0.1, 0.15) is 12.8 Å². The number of halogens is 2. The predicted octanol–water partition coefficient (Wildman–Crippen LogP) is 2.53. The Balaban J connectivity index is 2.33. The first kappa shape index (κ1) is 12.2. The summed E-state index contributed by atoms with van der Waals surface area (Å²) >= 11 is 3.31. The Morgan fingerprint density at radius 1 is 1.53 bits per heavy atom. The fourth-order valence-electron chi connectivity index (χ4n) is 1.39. The highest BCUT2D eigenvalue weighted by Crippen LogP contribution is 2.26. The Morgan fingerprint density at radius 3 is 3.00 bits per heavy atom. The first-order chi connectivity index (χ1) is 8.06. The number of benzene rings is 1. The summed E-state index contributed by atoms with van der Waals surface area (Å²) in [5, 5.41) is 3.80. The number of nitrogens with two attached hydrogens (primary N) is 1. The van der Waals surface area contributed by atoms with Crippen molar-refractivity contribution in [1.29, 1.82) is 0 Å². The number of aromatic nitrogens is 2. The maximum atomic E-state index is 13.1. The van der Waals surface area contributed by atoms with Gasteiger partial charge in [0, 0.05) is 22.5 Å². The molecule has 0 radical (unpaired) electrons. The Hall–Kier alpha value is -1.27. The number of hydrogen-bond donors (Lipinski definition) is 1. The normalized spacial score (nSPS) is 12.7. The van der Waals surface area contributed by atoms with Gasteiger partial charge in [-0.1, -0.05) is 21.1 Å². The molecule has 1 unspecified atom stereocenters. The van der Waals surface area contributed by atoms with Crippen molar-refractivity contribution in [3.05, 3.63) is 34.4 Å². The van der Waals surface area contributed by atoms with Gasteiger partial charge in [0.1, 0.15) is 5.82 Å². The van der Waals surface area contributed by atoms with Crippen LogP contribution in [0, 0.1) is 5.82 Å². The van der Waals surface area contributed by atoms with Crippen LogP contribution in [0.15, 0.2) is 27.2 Å². The molecule has 0 aliphatic carbocycles. The number of hydrogen-bond acceptors (Lipinski definition) is 4. The van der Waals surface area contributed by atoms with Crippen LogP contribution in [-0.4, -0.2) is 16.2 Å². The fourth-order valence-corrected chi connectivity index (χ4v) is 1.82. The van der Waals surface area contributed by atoms with Crippen LogP contribution in [0.4, 0.5) is 4.39 Å². The average molecular weight is 300 g/mol. The maximum Gasteiger partial charge on any atom is 0.228 e. The summed E-state index contributed by atoms with van der Waals surface area (Å²) in [7, 11) is 0. The van der Waals surface area contributed by atoms with Crippen molar-refractivity contribution >= 4 is 15.9 Å². The second kappa shape index (κ2) is 4.93. The molecular formula is C11H11BrFN3O. The van der Waals surface area contributed by atoms with Crippen molar-refractivity contribution in [2.45, 2.75) is 19.4 Å². The zero-order valence-electron chi connectivity index (χ0n) is 9.15. The first-order valence-electron chi connectivity index (χ1n) is 5.10. The summed E-state index contributed by atoms with van der Waals surface area (Å²) < 4.78 is 18.9. The SMILES string of the molecule is CC(N)Cc1nc(-c2cc(F)ccc2Br)no1. The largest absolute Gasteiger partial charge is 0.339 e. The lowest BCUT2D eigenvalue weighted by Gasteiger charge is -1.99. The molecule has 0 saturated heterocycles. The Labute approximate surface area is 106 Å². The molecule has 0 bridgehead atoms. The van der Waals surface area contributed by atoms with Gasteiger partial charge in [-0.15, -0.1) is 0 Å². The van der Waals surface area contributed by atoms with E-state index in [4.69, 9.17) is 10.3 Å². The Morgan fingerprint density at radius 2 is 2.29 bits per heavy atom. The molecule has 2 aromatic rings. The first-order valence-corrected chi connectivity index (χ1v) is 5.89. The molecule has 2 rings (SSSR count). The fraction of sp³-hybridized carbons (Fsp3) is 0.273. The van der Waals surface area contributed by atoms with Gasteiger partial charge in [0.2, 0.25) is 11.7 Å². The van der Waals surface area contributed by atoms with Crippen LogP contribution in [0.3, 0.4) is 0 Å². The molecule has 0 spiro atoms. The molecule has 90 valence electrons. The van der Waals surface area contributed by atoms with Crippen molar-refractivity contribution in [3.8, 4) is 11.4 Å². The Kier molecular flexibility index (Phi) is 3.54. The van der Waals surface area contributed by atoms with Gasteiger partial charge in [-0.3, -0.25) is 0 Å². The summed E-state index contributed by atoms with van der Waals surface area (Å²) in [6, 6.07) is 4.26. The van der Waals surface area contributed by atoms with E-state index >= 15 is 0 Å². The molecule has 1 atom stereocenters. The van der Waals surface area contributed by atoms with Gasteiger partial charge in [-0.25, -0.2) is 4.39 Å². The molecule has 0 saturated carbocycles. The predicted molar refractivity (Wildman–Crippen MR) is 64.7 cm³/mol. The lowest BCUT2D eigenvalue weighted by molar-refractivity contribution is 0.372. The lowest BCUT2D eigenvalue weighted by Crippen LogP contribution is -2.17. The average Bonchev–Trinajstić information content (AvgIpc) is 2.69. The maximum absolute atomic E-state index is 13.1. The van der Waals surface area contributed by atoms with E-state index in [-0.39, 0.29) is 11.9 Å². The van der Waals surface area contributed by atoms with Crippen LogP contribution in [0.2, 0.25) is 0 Å². The van der Waals surface area contributed by atoms with E-state index < -0.39 is 0 Å². The topological polar surface area (TPSA) is 64.9 Å². The lowest BCUT2D eigenvalue weighted by atomic mass is 10.2. The molecule has 1 heterocycles. The smallest absolute Gasteiger partial charge is 0.228 e. The van der Waals surface area contributed by atoms with E-state index in [1.807, 2.05) is 6.92 Å². The quantitative estimate of drug-likeness (QED) is 0.946. The molecule has 1 aromatic heterocycles. The van der Waals surface area contributed by atoms with E-state index in [0.29, 0.717) is 28.2 Å². The standard InChI is InChI=1S/C11H11BrFN3O/c1-6(14)4-10-15-11(16-17-10)8-5-7(13)2-3-9(8)12/h2-3,5-6H,4,14H2,1H3. The van der Waals surface area contributed by atoms with Crippen LogP contribution in [0.5, 0.6) is 0 Å². The highest BCUT2D eigenvalue weighted by molar-refractivity contribution is 9.10. The van der Waals surface area contributed by atoms with Gasteiger partial charge >= 0.3 is 0 Å². The van der Waals surface area contributed by atoms with E-state index in [2.05, 4.69) is 26.1 Å². The van der Waals surface area contributed by atoms with Gasteiger partial charge in [0.25, 0.3) is 0 Å². The van der Waals surface area contributed by atoms with Gasteiger partial charge in [-0.2, -0.15) is 4.98 Å². The van der Waals surface area contributed by atoms with Crippen molar-refractivity contribution in [3.63, 3.8) is 0 Å². The van der Waals surface area contributed by atoms with Crippen LogP contribution >= 0.6 is 15.9 Å². The van der Waals surface area contributed by atoms with Crippen molar-refractivity contribution < 1.29 is 8.91 Å². The van der Waals surface area contributed by atoms with Crippen molar-refractivity contribution in [1.82, 2.24) is 10.1 Å². The zero-order valence-corrected chi connectivity index (χ0v) is 10.7. The third-order valence-corrected chi connectivity index (χ3v) is 2.83. The minimum Gasteiger partial charge on any atom is -0.339 e. The molecule has 0 aliphatic rings. The second-order valence-electron chi connectivity index (χ2n) is 3.82. The molecule has 6 heteroatoms. The minimum atomic E-state index is -0.346. The molecule has 2 N–H and O–H groups in total. The van der Waals surface area contributed by atoms with Crippen LogP contribution in [-0.2, 0) is 6.42 Å². The third-order valence-electron chi connectivity index (χ3n) is 2.13. The molecule has 0 amide bonds.